The molecule has 0 aliphatic carbocycles. The molecule has 9 heteroatoms. The Balaban J connectivity index is 1.46. The van der Waals surface area contributed by atoms with Gasteiger partial charge in [-0.05, 0) is 73.8 Å². The number of nitrogens with one attached hydrogen (secondary N) is 1. The molecule has 0 unspecified atom stereocenters. The van der Waals surface area contributed by atoms with E-state index in [2.05, 4.69) is 17.1 Å². The van der Waals surface area contributed by atoms with Crippen LogP contribution < -0.4 is 14.4 Å². The van der Waals surface area contributed by atoms with Gasteiger partial charge >= 0.3 is 0 Å². The monoisotopic (exact) mass is 485 g/mol. The average molecular weight is 486 g/mol. The van der Waals surface area contributed by atoms with E-state index < -0.39 is 15.9 Å². The Morgan fingerprint density at radius 2 is 1.74 bits per heavy atom. The van der Waals surface area contributed by atoms with Crippen LogP contribution in [0.15, 0.2) is 48.5 Å². The second kappa shape index (κ2) is 10.1. The van der Waals surface area contributed by atoms with Gasteiger partial charge in [-0.25, -0.2) is 12.7 Å². The number of amides is 2. The molecule has 34 heavy (non-hydrogen) atoms. The molecule has 2 aromatic rings. The number of nitrogens with zero attached hydrogens (tertiary/aromatic N) is 2. The first kappa shape index (κ1) is 24.2. The van der Waals surface area contributed by atoms with Gasteiger partial charge < -0.3 is 10.1 Å². The molecule has 0 saturated carbocycles. The van der Waals surface area contributed by atoms with Gasteiger partial charge in [-0.15, -0.1) is 0 Å². The molecular weight excluding hydrogens is 454 g/mol. The van der Waals surface area contributed by atoms with Crippen molar-refractivity contribution >= 4 is 27.5 Å². The number of anilines is 1. The standard InChI is InChI=1S/C25H31N3O5S/c1-18-11-14-27(15-12-18)23(19-5-9-22(33-2)10-6-19)17-26-25(30)20-3-7-21(8-4-20)28-24(29)13-16-34(28,31)32/h3-10,18,23H,11-17H2,1-2H3,(H,26,30)/t23-/m0/s1. The first-order chi connectivity index (χ1) is 16.3. The average Bonchev–Trinajstić information content (AvgIpc) is 3.12. The third kappa shape index (κ3) is 5.26. The number of rotatable bonds is 7. The second-order valence-electron chi connectivity index (χ2n) is 8.99. The van der Waals surface area contributed by atoms with Crippen molar-refractivity contribution in [3.63, 3.8) is 0 Å². The molecule has 2 aromatic carbocycles. The summed E-state index contributed by atoms with van der Waals surface area (Å²) in [7, 11) is -1.99. The number of ether oxygens (including phenoxy) is 1. The second-order valence-corrected chi connectivity index (χ2v) is 10.9. The lowest BCUT2D eigenvalue weighted by Gasteiger charge is -2.37. The SMILES string of the molecule is COc1ccc([C@H](CNC(=O)c2ccc(N3C(=O)CCS3(=O)=O)cc2)N2CCC(C)CC2)cc1. The van der Waals surface area contributed by atoms with E-state index in [0.717, 1.165) is 41.5 Å². The van der Waals surface area contributed by atoms with Crippen LogP contribution in [-0.2, 0) is 14.8 Å². The third-order valence-corrected chi connectivity index (χ3v) is 8.35. The van der Waals surface area contributed by atoms with Gasteiger partial charge in [0.05, 0.1) is 24.6 Å². The molecule has 0 spiro atoms. The van der Waals surface area contributed by atoms with Crippen LogP contribution in [0.5, 0.6) is 5.75 Å². The normalized spacial score (nSPS) is 19.7. The quantitative estimate of drug-likeness (QED) is 0.648. The van der Waals surface area contributed by atoms with Crippen LogP contribution in [0.4, 0.5) is 5.69 Å². The van der Waals surface area contributed by atoms with Gasteiger partial charge in [-0.2, -0.15) is 0 Å². The summed E-state index contributed by atoms with van der Waals surface area (Å²) in [5.41, 5.74) is 1.79. The highest BCUT2D eigenvalue weighted by Gasteiger charge is 2.36. The predicted molar refractivity (Wildman–Crippen MR) is 130 cm³/mol. The zero-order chi connectivity index (χ0) is 24.3. The molecule has 2 amide bonds. The fraction of sp³-hybridized carbons (Fsp3) is 0.440. The van der Waals surface area contributed by atoms with Gasteiger partial charge in [0.15, 0.2) is 0 Å². The zero-order valence-electron chi connectivity index (χ0n) is 19.6. The molecule has 0 aromatic heterocycles. The number of sulfonamides is 1. The van der Waals surface area contributed by atoms with Gasteiger partial charge in [0.2, 0.25) is 15.9 Å². The molecule has 4 rings (SSSR count). The maximum absolute atomic E-state index is 12.9. The minimum Gasteiger partial charge on any atom is -0.497 e. The minimum atomic E-state index is -3.63. The van der Waals surface area contributed by atoms with Crippen molar-refractivity contribution in [3.05, 3.63) is 59.7 Å². The number of hydrogen-bond acceptors (Lipinski definition) is 6. The number of piperidine rings is 1. The van der Waals surface area contributed by atoms with Crippen LogP contribution in [-0.4, -0.2) is 57.6 Å². The maximum atomic E-state index is 12.9. The fourth-order valence-electron chi connectivity index (χ4n) is 4.53. The van der Waals surface area contributed by atoms with E-state index in [4.69, 9.17) is 4.74 Å². The largest absolute Gasteiger partial charge is 0.497 e. The zero-order valence-corrected chi connectivity index (χ0v) is 20.4. The summed E-state index contributed by atoms with van der Waals surface area (Å²) in [5.74, 6) is 0.613. The highest BCUT2D eigenvalue weighted by Crippen LogP contribution is 2.28. The lowest BCUT2D eigenvalue weighted by molar-refractivity contribution is -0.116. The van der Waals surface area contributed by atoms with Crippen LogP contribution in [0.25, 0.3) is 0 Å². The third-order valence-electron chi connectivity index (χ3n) is 6.66. The summed E-state index contributed by atoms with van der Waals surface area (Å²) in [5, 5.41) is 3.04. The number of methoxy groups -OCH3 is 1. The predicted octanol–water partition coefficient (Wildman–Crippen LogP) is 2.96. The molecule has 1 atom stereocenters. The molecule has 2 aliphatic heterocycles. The topological polar surface area (TPSA) is 96.0 Å². The van der Waals surface area contributed by atoms with Crippen LogP contribution >= 0.6 is 0 Å². The maximum Gasteiger partial charge on any atom is 0.251 e. The van der Waals surface area contributed by atoms with Crippen molar-refractivity contribution in [2.45, 2.75) is 32.2 Å². The molecule has 0 bridgehead atoms. The van der Waals surface area contributed by atoms with Crippen molar-refractivity contribution in [2.75, 3.05) is 36.8 Å². The molecule has 2 saturated heterocycles. The highest BCUT2D eigenvalue weighted by molar-refractivity contribution is 7.94. The molecule has 1 N–H and O–H groups in total. The Bertz CT molecular complexity index is 1120. The van der Waals surface area contributed by atoms with Crippen molar-refractivity contribution in [1.29, 1.82) is 0 Å². The Kier molecular flexibility index (Phi) is 7.23. The summed E-state index contributed by atoms with van der Waals surface area (Å²) in [6.45, 7) is 4.66. The van der Waals surface area contributed by atoms with Crippen molar-refractivity contribution in [1.82, 2.24) is 10.2 Å². The summed E-state index contributed by atoms with van der Waals surface area (Å²) < 4.78 is 30.4. The fourth-order valence-corrected chi connectivity index (χ4v) is 5.99. The first-order valence-corrected chi connectivity index (χ1v) is 13.2. The van der Waals surface area contributed by atoms with Crippen molar-refractivity contribution in [3.8, 4) is 5.75 Å². The minimum absolute atomic E-state index is 0.0212. The van der Waals surface area contributed by atoms with Crippen LogP contribution in [0, 0.1) is 5.92 Å². The first-order valence-electron chi connectivity index (χ1n) is 11.6. The van der Waals surface area contributed by atoms with Crippen LogP contribution in [0.2, 0.25) is 0 Å². The van der Waals surface area contributed by atoms with Gasteiger partial charge in [-0.1, -0.05) is 19.1 Å². The number of carbonyl (C=O) groups is 2. The van der Waals surface area contributed by atoms with E-state index in [1.165, 1.54) is 12.1 Å². The Morgan fingerprint density at radius 1 is 1.09 bits per heavy atom. The molecular formula is C25H31N3O5S. The molecule has 0 radical (unpaired) electrons. The molecule has 182 valence electrons. The lowest BCUT2D eigenvalue weighted by Crippen LogP contribution is -2.42. The van der Waals surface area contributed by atoms with E-state index >= 15 is 0 Å². The molecule has 2 aliphatic rings. The number of carbonyl (C=O) groups excluding carboxylic acids is 2. The lowest BCUT2D eigenvalue weighted by atomic mass is 9.95. The van der Waals surface area contributed by atoms with E-state index in [9.17, 15) is 18.0 Å². The van der Waals surface area contributed by atoms with E-state index in [1.807, 2.05) is 24.3 Å². The van der Waals surface area contributed by atoms with E-state index in [-0.39, 0.29) is 29.8 Å². The van der Waals surface area contributed by atoms with Gasteiger partial charge in [0.1, 0.15) is 5.75 Å². The number of hydrogen-bond donors (Lipinski definition) is 1. The van der Waals surface area contributed by atoms with Crippen LogP contribution in [0.3, 0.4) is 0 Å². The smallest absolute Gasteiger partial charge is 0.251 e. The summed E-state index contributed by atoms with van der Waals surface area (Å²) in [6, 6.07) is 14.1. The molecule has 8 nitrogen and oxygen atoms in total. The summed E-state index contributed by atoms with van der Waals surface area (Å²) in [4.78, 5) is 27.3. The molecule has 2 fully saturated rings. The van der Waals surface area contributed by atoms with Crippen LogP contribution in [0.1, 0.15) is 48.1 Å². The van der Waals surface area contributed by atoms with E-state index in [0.29, 0.717) is 18.0 Å². The number of likely N-dealkylation sites (tertiary alicyclic amines) is 1. The van der Waals surface area contributed by atoms with Crippen molar-refractivity contribution < 1.29 is 22.7 Å². The Morgan fingerprint density at radius 3 is 2.29 bits per heavy atom. The van der Waals surface area contributed by atoms with Gasteiger partial charge in [-0.3, -0.25) is 14.5 Å². The van der Waals surface area contributed by atoms with Gasteiger partial charge in [0, 0.05) is 18.5 Å². The van der Waals surface area contributed by atoms with E-state index in [1.54, 1.807) is 19.2 Å². The number of benzene rings is 2. The summed E-state index contributed by atoms with van der Waals surface area (Å²) in [6.07, 6.45) is 2.23. The van der Waals surface area contributed by atoms with Crippen molar-refractivity contribution in [2.24, 2.45) is 5.92 Å². The summed E-state index contributed by atoms with van der Waals surface area (Å²) >= 11 is 0. The highest BCUT2D eigenvalue weighted by atomic mass is 32.2. The Hall–Kier alpha value is -2.91. The Labute approximate surface area is 200 Å². The molecule has 2 heterocycles. The van der Waals surface area contributed by atoms with Gasteiger partial charge in [0.25, 0.3) is 5.91 Å².